The smallest absolute Gasteiger partial charge is 0.234 e. The Labute approximate surface area is 215 Å². The van der Waals surface area contributed by atoms with Gasteiger partial charge in [-0.2, -0.15) is 4.57 Å². The van der Waals surface area contributed by atoms with Gasteiger partial charge in [0.1, 0.15) is 24.5 Å². The Morgan fingerprint density at radius 3 is 2.36 bits per heavy atom. The third kappa shape index (κ3) is 4.98. The molecule has 2 aromatic carbocycles. The molecule has 4 nitrogen and oxygen atoms in total. The third-order valence-electron chi connectivity index (χ3n) is 7.02. The van der Waals surface area contributed by atoms with Gasteiger partial charge < -0.3 is 9.80 Å². The molecule has 0 fully saturated rings. The number of fused-ring (bicyclic) bond motifs is 1. The Hall–Kier alpha value is -3.32. The van der Waals surface area contributed by atoms with Crippen LogP contribution in [-0.4, -0.2) is 35.3 Å². The van der Waals surface area contributed by atoms with Crippen molar-refractivity contribution >= 4 is 22.9 Å². The van der Waals surface area contributed by atoms with Crippen LogP contribution in [0, 0.1) is 18.6 Å². The van der Waals surface area contributed by atoms with Gasteiger partial charge in [0.15, 0.2) is 5.69 Å². The Kier molecular flexibility index (Phi) is 7.01. The van der Waals surface area contributed by atoms with E-state index in [1.165, 1.54) is 45.5 Å². The van der Waals surface area contributed by atoms with Gasteiger partial charge in [-0.25, -0.2) is 13.8 Å². The number of aliphatic imine (C=N–C) groups is 1. The van der Waals surface area contributed by atoms with E-state index in [-0.39, 0.29) is 11.6 Å². The van der Waals surface area contributed by atoms with Crippen LogP contribution in [0.1, 0.15) is 40.1 Å². The van der Waals surface area contributed by atoms with Crippen LogP contribution in [0.25, 0.3) is 5.70 Å². The first kappa shape index (κ1) is 24.4. The van der Waals surface area contributed by atoms with Gasteiger partial charge in [-0.3, -0.25) is 0 Å². The van der Waals surface area contributed by atoms with E-state index >= 15 is 0 Å². The molecule has 5 rings (SSSR count). The summed E-state index contributed by atoms with van der Waals surface area (Å²) in [6.45, 7) is 7.66. The fraction of sp³-hybridized carbons (Fsp3) is 0.310. The van der Waals surface area contributed by atoms with Gasteiger partial charge in [0.2, 0.25) is 5.01 Å². The maximum Gasteiger partial charge on any atom is 0.234 e. The number of thiazole rings is 1. The van der Waals surface area contributed by atoms with Gasteiger partial charge in [0, 0.05) is 36.8 Å². The fourth-order valence-corrected chi connectivity index (χ4v) is 6.10. The lowest BCUT2D eigenvalue weighted by atomic mass is 10.1. The molecule has 0 unspecified atom stereocenters. The molecular weight excluding hydrogens is 474 g/mol. The topological polar surface area (TPSA) is 22.7 Å². The van der Waals surface area contributed by atoms with Crippen molar-refractivity contribution in [2.75, 3.05) is 19.6 Å². The van der Waals surface area contributed by atoms with Crippen molar-refractivity contribution in [1.82, 2.24) is 9.80 Å². The molecule has 1 aromatic heterocycles. The molecule has 0 amide bonds. The highest BCUT2D eigenvalue weighted by molar-refractivity contribution is 7.11. The van der Waals surface area contributed by atoms with E-state index in [9.17, 15) is 8.78 Å². The fourth-order valence-electron chi connectivity index (χ4n) is 4.92. The molecule has 36 heavy (non-hydrogen) atoms. The summed E-state index contributed by atoms with van der Waals surface area (Å²) in [7, 11) is 2.16. The average Bonchev–Trinajstić information content (AvgIpc) is 3.03. The number of halogens is 2. The van der Waals surface area contributed by atoms with Crippen LogP contribution < -0.4 is 4.57 Å². The zero-order valence-corrected chi connectivity index (χ0v) is 21.8. The molecule has 0 spiro atoms. The van der Waals surface area contributed by atoms with E-state index in [1.807, 2.05) is 11.3 Å². The molecule has 0 atom stereocenters. The van der Waals surface area contributed by atoms with E-state index in [0.717, 1.165) is 55.1 Å². The molecular formula is C29H31F2N4S+. The van der Waals surface area contributed by atoms with Gasteiger partial charge in [0.05, 0.1) is 30.1 Å². The number of benzene rings is 2. The molecule has 3 heterocycles. The zero-order chi connectivity index (χ0) is 25.2. The van der Waals surface area contributed by atoms with Crippen LogP contribution in [0.15, 0.2) is 71.4 Å². The quantitative estimate of drug-likeness (QED) is 0.421. The van der Waals surface area contributed by atoms with E-state index in [2.05, 4.69) is 47.4 Å². The lowest BCUT2D eigenvalue weighted by Crippen LogP contribution is -2.42. The van der Waals surface area contributed by atoms with Crippen molar-refractivity contribution in [2.45, 2.75) is 33.2 Å². The Bertz CT molecular complexity index is 1340. The van der Waals surface area contributed by atoms with Gasteiger partial charge in [-0.1, -0.05) is 23.5 Å². The minimum absolute atomic E-state index is 0.269. The molecule has 2 aliphatic rings. The first-order valence-corrected chi connectivity index (χ1v) is 13.2. The Morgan fingerprint density at radius 2 is 1.69 bits per heavy atom. The number of aromatic nitrogens is 1. The van der Waals surface area contributed by atoms with Gasteiger partial charge in [0.25, 0.3) is 0 Å². The maximum absolute atomic E-state index is 13.8. The largest absolute Gasteiger partial charge is 0.368 e. The SMILES string of the molecule is CC=C(CN1CCC=C(c2ccc(F)cc2)N=C1c1ccc(F)cc1)N1CCc2c(sc(C)[n+]2C)C1. The van der Waals surface area contributed by atoms with Crippen molar-refractivity contribution in [3.8, 4) is 0 Å². The zero-order valence-electron chi connectivity index (χ0n) is 21.0. The molecule has 0 N–H and O–H groups in total. The van der Waals surface area contributed by atoms with Crippen molar-refractivity contribution in [3.05, 3.63) is 105 Å². The maximum atomic E-state index is 13.8. The van der Waals surface area contributed by atoms with Crippen LogP contribution in [0.3, 0.4) is 0 Å². The highest BCUT2D eigenvalue weighted by atomic mass is 32.1. The summed E-state index contributed by atoms with van der Waals surface area (Å²) in [5.41, 5.74) is 5.25. The standard InChI is InChI=1S/C29H31F2N4S/c1-4-25(34-17-15-27-28(19-34)36-20(2)33(27)3)18-35-16-5-6-26(21-7-11-23(30)12-8-21)32-29(35)22-9-13-24(31)14-10-22/h4,6-14H,5,15-19H2,1-3H3/q+1. The molecule has 0 saturated carbocycles. The number of amidine groups is 1. The van der Waals surface area contributed by atoms with E-state index in [0.29, 0.717) is 6.54 Å². The van der Waals surface area contributed by atoms with Crippen molar-refractivity contribution < 1.29 is 13.3 Å². The number of hydrogen-bond acceptors (Lipinski definition) is 4. The van der Waals surface area contributed by atoms with Crippen LogP contribution in [0.5, 0.6) is 0 Å². The highest BCUT2D eigenvalue weighted by Crippen LogP contribution is 2.28. The molecule has 7 heteroatoms. The Balaban J connectivity index is 1.45. The summed E-state index contributed by atoms with van der Waals surface area (Å²) in [4.78, 5) is 11.2. The molecule has 0 bridgehead atoms. The second kappa shape index (κ2) is 10.3. The number of allylic oxidation sites excluding steroid dienone is 1. The van der Waals surface area contributed by atoms with Crippen molar-refractivity contribution in [2.24, 2.45) is 12.0 Å². The third-order valence-corrected chi connectivity index (χ3v) is 8.20. The second-order valence-corrected chi connectivity index (χ2v) is 10.5. The van der Waals surface area contributed by atoms with E-state index < -0.39 is 0 Å². The molecule has 3 aromatic rings. The van der Waals surface area contributed by atoms with Crippen molar-refractivity contribution in [1.29, 1.82) is 0 Å². The summed E-state index contributed by atoms with van der Waals surface area (Å²) >= 11 is 1.88. The summed E-state index contributed by atoms with van der Waals surface area (Å²) in [5, 5.41) is 1.33. The Morgan fingerprint density at radius 1 is 1.03 bits per heavy atom. The minimum Gasteiger partial charge on any atom is -0.368 e. The lowest BCUT2D eigenvalue weighted by molar-refractivity contribution is -0.680. The highest BCUT2D eigenvalue weighted by Gasteiger charge is 2.29. The van der Waals surface area contributed by atoms with Crippen molar-refractivity contribution in [3.63, 3.8) is 0 Å². The molecule has 0 saturated heterocycles. The minimum atomic E-state index is -0.272. The number of rotatable bonds is 5. The van der Waals surface area contributed by atoms with E-state index in [1.54, 1.807) is 24.3 Å². The number of nitrogens with zero attached hydrogens (tertiary/aromatic N) is 4. The van der Waals surface area contributed by atoms with E-state index in [4.69, 9.17) is 4.99 Å². The van der Waals surface area contributed by atoms with Gasteiger partial charge in [-0.15, -0.1) is 0 Å². The lowest BCUT2D eigenvalue weighted by Gasteiger charge is -2.34. The first-order valence-electron chi connectivity index (χ1n) is 12.4. The van der Waals surface area contributed by atoms with Crippen LogP contribution in [0.2, 0.25) is 0 Å². The summed E-state index contributed by atoms with van der Waals surface area (Å²) in [5.74, 6) is 0.263. The monoisotopic (exact) mass is 505 g/mol. The van der Waals surface area contributed by atoms with Crippen LogP contribution in [-0.2, 0) is 20.0 Å². The predicted octanol–water partition coefficient (Wildman–Crippen LogP) is 5.61. The average molecular weight is 506 g/mol. The summed E-state index contributed by atoms with van der Waals surface area (Å²) < 4.78 is 29.6. The van der Waals surface area contributed by atoms with Crippen LogP contribution >= 0.6 is 11.3 Å². The van der Waals surface area contributed by atoms with Gasteiger partial charge >= 0.3 is 0 Å². The predicted molar refractivity (Wildman–Crippen MR) is 142 cm³/mol. The summed E-state index contributed by atoms with van der Waals surface area (Å²) in [6.07, 6.45) is 6.14. The molecule has 2 aliphatic heterocycles. The molecule has 0 radical (unpaired) electrons. The number of hydrogen-bond donors (Lipinski definition) is 0. The molecule has 0 aliphatic carbocycles. The summed E-state index contributed by atoms with van der Waals surface area (Å²) in [6, 6.07) is 13.0. The first-order chi connectivity index (χ1) is 17.4. The normalized spacial score (nSPS) is 16.4. The molecule has 186 valence electrons. The van der Waals surface area contributed by atoms with Gasteiger partial charge in [-0.05, 0) is 61.9 Å². The number of aryl methyl sites for hydroxylation is 1. The second-order valence-electron chi connectivity index (χ2n) is 9.25. The van der Waals surface area contributed by atoms with Crippen LogP contribution in [0.4, 0.5) is 8.78 Å².